The van der Waals surface area contributed by atoms with Crippen molar-refractivity contribution in [1.29, 1.82) is 0 Å². The highest BCUT2D eigenvalue weighted by Gasteiger charge is 2.21. The molecule has 0 saturated carbocycles. The lowest BCUT2D eigenvalue weighted by atomic mass is 10.0. The van der Waals surface area contributed by atoms with Crippen LogP contribution in [0.5, 0.6) is 0 Å². The molecule has 2 N–H and O–H groups in total. The van der Waals surface area contributed by atoms with Crippen LogP contribution in [0.25, 0.3) is 0 Å². The van der Waals surface area contributed by atoms with Gasteiger partial charge in [0, 0.05) is 18.5 Å². The number of rotatable bonds is 7. The Hall–Kier alpha value is -3.47. The first-order valence-corrected chi connectivity index (χ1v) is 9.45. The van der Waals surface area contributed by atoms with Crippen LogP contribution >= 0.6 is 0 Å². The Morgan fingerprint density at radius 1 is 0.897 bits per heavy atom. The van der Waals surface area contributed by atoms with E-state index in [0.29, 0.717) is 17.5 Å². The molecule has 0 unspecified atom stereocenters. The van der Waals surface area contributed by atoms with E-state index in [0.717, 1.165) is 11.1 Å². The first kappa shape index (κ1) is 20.3. The lowest BCUT2D eigenvalue weighted by Crippen LogP contribution is -2.47. The van der Waals surface area contributed by atoms with Crippen molar-refractivity contribution in [1.82, 2.24) is 10.6 Å². The van der Waals surface area contributed by atoms with Crippen molar-refractivity contribution in [3.05, 3.63) is 107 Å². The lowest BCUT2D eigenvalue weighted by molar-refractivity contribution is -0.123. The fraction of sp³-hybridized carbons (Fsp3) is 0.167. The highest BCUT2D eigenvalue weighted by Crippen LogP contribution is 2.10. The number of benzene rings is 3. The van der Waals surface area contributed by atoms with Gasteiger partial charge in [-0.1, -0.05) is 60.7 Å². The summed E-state index contributed by atoms with van der Waals surface area (Å²) in [7, 11) is 0. The van der Waals surface area contributed by atoms with Crippen molar-refractivity contribution < 1.29 is 14.0 Å². The summed E-state index contributed by atoms with van der Waals surface area (Å²) in [5.41, 5.74) is 2.76. The van der Waals surface area contributed by atoms with E-state index in [9.17, 15) is 14.0 Å². The fourth-order valence-electron chi connectivity index (χ4n) is 3.02. The summed E-state index contributed by atoms with van der Waals surface area (Å²) in [6.45, 7) is 1.94. The highest BCUT2D eigenvalue weighted by atomic mass is 19.1. The van der Waals surface area contributed by atoms with Gasteiger partial charge in [-0.15, -0.1) is 0 Å². The SMILES string of the molecule is Cc1cc(CNC(=O)[C@@H](Cc2ccccc2)NC(=O)c2ccccc2)ccc1F. The van der Waals surface area contributed by atoms with E-state index in [1.54, 1.807) is 43.3 Å². The molecule has 0 aromatic heterocycles. The molecule has 3 rings (SSSR count). The van der Waals surface area contributed by atoms with Crippen LogP contribution in [0.3, 0.4) is 0 Å². The van der Waals surface area contributed by atoms with Gasteiger partial charge in [-0.25, -0.2) is 4.39 Å². The number of hydrogen-bond donors (Lipinski definition) is 2. The molecule has 0 bridgehead atoms. The first-order valence-electron chi connectivity index (χ1n) is 9.45. The minimum absolute atomic E-state index is 0.256. The average molecular weight is 390 g/mol. The predicted octanol–water partition coefficient (Wildman–Crippen LogP) is 3.79. The van der Waals surface area contributed by atoms with Gasteiger partial charge in [-0.3, -0.25) is 9.59 Å². The molecule has 3 aromatic rings. The zero-order valence-electron chi connectivity index (χ0n) is 16.2. The summed E-state index contributed by atoms with van der Waals surface area (Å²) in [5.74, 6) is -0.878. The summed E-state index contributed by atoms with van der Waals surface area (Å²) >= 11 is 0. The summed E-state index contributed by atoms with van der Waals surface area (Å²) in [5, 5.41) is 5.67. The summed E-state index contributed by atoms with van der Waals surface area (Å²) in [6.07, 6.45) is 0.369. The minimum atomic E-state index is -0.730. The van der Waals surface area contributed by atoms with Gasteiger partial charge < -0.3 is 10.6 Å². The second-order valence-electron chi connectivity index (χ2n) is 6.88. The van der Waals surface area contributed by atoms with Gasteiger partial charge in [0.1, 0.15) is 11.9 Å². The number of carbonyl (C=O) groups is 2. The van der Waals surface area contributed by atoms with Crippen LogP contribution in [0, 0.1) is 12.7 Å². The molecule has 1 atom stereocenters. The largest absolute Gasteiger partial charge is 0.350 e. The molecule has 0 aliphatic heterocycles. The second-order valence-corrected chi connectivity index (χ2v) is 6.88. The fourth-order valence-corrected chi connectivity index (χ4v) is 3.02. The smallest absolute Gasteiger partial charge is 0.251 e. The Morgan fingerprint density at radius 3 is 2.21 bits per heavy atom. The van der Waals surface area contributed by atoms with Crippen molar-refractivity contribution in [2.45, 2.75) is 25.9 Å². The second kappa shape index (κ2) is 9.64. The molecule has 0 heterocycles. The van der Waals surface area contributed by atoms with Gasteiger partial charge in [0.05, 0.1) is 0 Å². The van der Waals surface area contributed by atoms with Crippen LogP contribution in [0.4, 0.5) is 4.39 Å². The quantitative estimate of drug-likeness (QED) is 0.645. The van der Waals surface area contributed by atoms with Crippen LogP contribution in [-0.2, 0) is 17.8 Å². The normalized spacial score (nSPS) is 11.5. The summed E-state index contributed by atoms with van der Waals surface area (Å²) < 4.78 is 13.4. The van der Waals surface area contributed by atoms with Gasteiger partial charge >= 0.3 is 0 Å². The van der Waals surface area contributed by atoms with Gasteiger partial charge in [0.25, 0.3) is 5.91 Å². The number of halogens is 1. The maximum absolute atomic E-state index is 13.4. The minimum Gasteiger partial charge on any atom is -0.350 e. The van der Waals surface area contributed by atoms with Crippen molar-refractivity contribution >= 4 is 11.8 Å². The van der Waals surface area contributed by atoms with Gasteiger partial charge in [-0.2, -0.15) is 0 Å². The third kappa shape index (κ3) is 5.75. The Balaban J connectivity index is 1.71. The molecule has 148 valence electrons. The molecule has 0 aliphatic carbocycles. The standard InChI is InChI=1S/C24H23FN2O2/c1-17-14-19(12-13-21(17)25)16-26-24(29)22(15-18-8-4-2-5-9-18)27-23(28)20-10-6-3-7-11-20/h2-14,22H,15-16H2,1H3,(H,26,29)(H,27,28)/t22-/m1/s1. The third-order valence-electron chi connectivity index (χ3n) is 4.63. The first-order chi connectivity index (χ1) is 14.0. The van der Waals surface area contributed by atoms with E-state index in [4.69, 9.17) is 0 Å². The Labute approximate surface area is 169 Å². The van der Waals surface area contributed by atoms with E-state index < -0.39 is 6.04 Å². The maximum atomic E-state index is 13.4. The molecule has 0 radical (unpaired) electrons. The number of hydrogen-bond acceptors (Lipinski definition) is 2. The molecule has 0 spiro atoms. The lowest BCUT2D eigenvalue weighted by Gasteiger charge is -2.19. The molecule has 2 amide bonds. The predicted molar refractivity (Wildman–Crippen MR) is 111 cm³/mol. The Kier molecular flexibility index (Phi) is 6.74. The zero-order chi connectivity index (χ0) is 20.6. The molecule has 3 aromatic carbocycles. The van der Waals surface area contributed by atoms with Crippen molar-refractivity contribution in [2.24, 2.45) is 0 Å². The van der Waals surface area contributed by atoms with Crippen LogP contribution in [-0.4, -0.2) is 17.9 Å². The molecule has 29 heavy (non-hydrogen) atoms. The molecular formula is C24H23FN2O2. The van der Waals surface area contributed by atoms with Crippen molar-refractivity contribution in [2.75, 3.05) is 0 Å². The highest BCUT2D eigenvalue weighted by molar-refractivity contribution is 5.97. The Morgan fingerprint density at radius 2 is 1.55 bits per heavy atom. The molecule has 5 heteroatoms. The van der Waals surface area contributed by atoms with Crippen LogP contribution in [0.15, 0.2) is 78.9 Å². The Bertz CT molecular complexity index is 975. The van der Waals surface area contributed by atoms with E-state index in [-0.39, 0.29) is 24.2 Å². The zero-order valence-corrected chi connectivity index (χ0v) is 16.2. The van der Waals surface area contributed by atoms with Crippen molar-refractivity contribution in [3.8, 4) is 0 Å². The average Bonchev–Trinajstić information content (AvgIpc) is 2.75. The molecule has 0 aliphatic rings. The number of aryl methyl sites for hydroxylation is 1. The summed E-state index contributed by atoms with van der Waals surface area (Å²) in [4.78, 5) is 25.4. The topological polar surface area (TPSA) is 58.2 Å². The number of amides is 2. The van der Waals surface area contributed by atoms with Crippen molar-refractivity contribution in [3.63, 3.8) is 0 Å². The maximum Gasteiger partial charge on any atom is 0.251 e. The monoisotopic (exact) mass is 390 g/mol. The van der Waals surface area contributed by atoms with Gasteiger partial charge in [-0.05, 0) is 41.8 Å². The molecular weight excluding hydrogens is 367 g/mol. The number of carbonyl (C=O) groups excluding carboxylic acids is 2. The van der Waals surface area contributed by atoms with Crippen LogP contribution < -0.4 is 10.6 Å². The van der Waals surface area contributed by atoms with Crippen LogP contribution in [0.1, 0.15) is 27.0 Å². The van der Waals surface area contributed by atoms with E-state index in [1.165, 1.54) is 6.07 Å². The molecule has 0 saturated heterocycles. The van der Waals surface area contributed by atoms with Gasteiger partial charge in [0.15, 0.2) is 0 Å². The summed E-state index contributed by atoms with van der Waals surface area (Å²) in [6, 6.07) is 22.3. The van der Waals surface area contributed by atoms with Gasteiger partial charge in [0.2, 0.25) is 5.91 Å². The molecule has 4 nitrogen and oxygen atoms in total. The molecule has 0 fully saturated rings. The van der Waals surface area contributed by atoms with E-state index in [1.807, 2.05) is 36.4 Å². The third-order valence-corrected chi connectivity index (χ3v) is 4.63. The number of nitrogens with one attached hydrogen (secondary N) is 2. The van der Waals surface area contributed by atoms with Crippen LogP contribution in [0.2, 0.25) is 0 Å². The van der Waals surface area contributed by atoms with E-state index in [2.05, 4.69) is 10.6 Å². The van der Waals surface area contributed by atoms with E-state index >= 15 is 0 Å².